The lowest BCUT2D eigenvalue weighted by Crippen LogP contribution is -2.22. The predicted octanol–water partition coefficient (Wildman–Crippen LogP) is 3.66. The van der Waals surface area contributed by atoms with Crippen LogP contribution >= 0.6 is 0 Å². The summed E-state index contributed by atoms with van der Waals surface area (Å²) in [6.45, 7) is 1.50. The number of carboxylic acid groups (broad SMARTS) is 1. The van der Waals surface area contributed by atoms with E-state index in [0.29, 0.717) is 0 Å². The van der Waals surface area contributed by atoms with E-state index in [0.717, 1.165) is 12.4 Å². The molecule has 13 heteroatoms. The number of hydrogen-bond donors (Lipinski definition) is 3. The van der Waals surface area contributed by atoms with Gasteiger partial charge in [-0.25, -0.2) is 19.7 Å². The number of ether oxygens (including phenoxy) is 1. The number of rotatable bonds is 8. The van der Waals surface area contributed by atoms with Crippen molar-refractivity contribution in [3.8, 4) is 17.5 Å². The van der Waals surface area contributed by atoms with Crippen molar-refractivity contribution in [3.63, 3.8) is 0 Å². The van der Waals surface area contributed by atoms with E-state index < -0.39 is 41.3 Å². The Morgan fingerprint density at radius 2 is 1.85 bits per heavy atom. The lowest BCUT2D eigenvalue weighted by atomic mass is 10.2. The molecule has 0 bridgehead atoms. The van der Waals surface area contributed by atoms with Crippen molar-refractivity contribution in [2.24, 2.45) is 0 Å². The first-order chi connectivity index (χ1) is 15.5. The highest BCUT2D eigenvalue weighted by Crippen LogP contribution is 2.35. The van der Waals surface area contributed by atoms with E-state index in [1.165, 1.54) is 19.1 Å². The number of amides is 1. The fourth-order valence-corrected chi connectivity index (χ4v) is 2.60. The van der Waals surface area contributed by atoms with E-state index in [-0.39, 0.29) is 29.6 Å². The Hall–Kier alpha value is -4.29. The van der Waals surface area contributed by atoms with Crippen molar-refractivity contribution >= 4 is 23.3 Å². The molecule has 0 saturated carbocycles. The van der Waals surface area contributed by atoms with Gasteiger partial charge in [0.05, 0.1) is 18.1 Å². The number of aromatic nitrogens is 3. The van der Waals surface area contributed by atoms with Crippen LogP contribution in [0, 0.1) is 5.41 Å². The number of nitrogens with zero attached hydrogens (tertiary/aromatic N) is 3. The quantitative estimate of drug-likeness (QED) is 0.428. The number of aliphatic carboxylic acids is 1. The van der Waals surface area contributed by atoms with Crippen LogP contribution in [0.4, 0.5) is 18.9 Å². The first-order valence-electron chi connectivity index (χ1n) is 9.28. The molecule has 2 heterocycles. The molecule has 1 amide bonds. The van der Waals surface area contributed by atoms with Gasteiger partial charge in [-0.15, -0.1) is 0 Å². The maximum absolute atomic E-state index is 13.4. The number of carbonyl (C=O) groups is 2. The van der Waals surface area contributed by atoms with E-state index in [4.69, 9.17) is 19.7 Å². The summed E-state index contributed by atoms with van der Waals surface area (Å²) < 4.78 is 50.3. The van der Waals surface area contributed by atoms with Crippen LogP contribution in [-0.2, 0) is 11.0 Å². The number of alkyl halides is 3. The number of carboxylic acids is 1. The molecule has 0 unspecified atom stereocenters. The molecule has 3 aromatic rings. The largest absolute Gasteiger partial charge is 0.477 e. The molecule has 0 fully saturated rings. The molecule has 0 aliphatic heterocycles. The zero-order chi connectivity index (χ0) is 24.2. The zero-order valence-electron chi connectivity index (χ0n) is 16.9. The Bertz CT molecular complexity index is 1160. The molecule has 0 saturated heterocycles. The van der Waals surface area contributed by atoms with E-state index >= 15 is 0 Å². The molecule has 10 nitrogen and oxygen atoms in total. The van der Waals surface area contributed by atoms with Gasteiger partial charge in [-0.1, -0.05) is 18.2 Å². The third-order valence-electron chi connectivity index (χ3n) is 4.06. The Morgan fingerprint density at radius 1 is 1.21 bits per heavy atom. The lowest BCUT2D eigenvalue weighted by molar-refractivity contribution is -0.153. The number of anilines is 1. The fraction of sp³-hybridized carbons (Fsp3) is 0.200. The van der Waals surface area contributed by atoms with Crippen molar-refractivity contribution in [3.05, 3.63) is 54.2 Å². The maximum Gasteiger partial charge on any atom is 0.452 e. The van der Waals surface area contributed by atoms with E-state index in [2.05, 4.69) is 20.3 Å². The highest BCUT2D eigenvalue weighted by molar-refractivity contribution is 6.34. The van der Waals surface area contributed by atoms with Crippen LogP contribution in [-0.4, -0.2) is 43.8 Å². The topological polar surface area (TPSA) is 151 Å². The Morgan fingerprint density at radius 3 is 2.42 bits per heavy atom. The van der Waals surface area contributed by atoms with Crippen molar-refractivity contribution in [2.75, 3.05) is 5.32 Å². The SMILES string of the molecule is C[C@@H](CC(=N)C(=O)O)Oc1ncc(NC(=O)c2nc(-c3ccccc3)oc2C(F)(F)F)cn1. The Balaban J connectivity index is 1.74. The van der Waals surface area contributed by atoms with E-state index in [1.807, 2.05) is 0 Å². The van der Waals surface area contributed by atoms with Crippen LogP contribution in [0.15, 0.2) is 47.1 Å². The highest BCUT2D eigenvalue weighted by atomic mass is 19.4. The van der Waals surface area contributed by atoms with Crippen molar-refractivity contribution in [2.45, 2.75) is 25.6 Å². The average molecular weight is 463 g/mol. The van der Waals surface area contributed by atoms with Gasteiger partial charge < -0.3 is 19.6 Å². The molecule has 1 atom stereocenters. The van der Waals surface area contributed by atoms with Gasteiger partial charge in [0.15, 0.2) is 5.69 Å². The molecule has 3 N–H and O–H groups in total. The monoisotopic (exact) mass is 463 g/mol. The van der Waals surface area contributed by atoms with Crippen molar-refractivity contribution in [1.29, 1.82) is 5.41 Å². The minimum absolute atomic E-state index is 0.0457. The molecule has 1 aromatic carbocycles. The molecule has 172 valence electrons. The second-order valence-electron chi connectivity index (χ2n) is 6.69. The van der Waals surface area contributed by atoms with Crippen molar-refractivity contribution in [1.82, 2.24) is 15.0 Å². The van der Waals surface area contributed by atoms with E-state index in [1.54, 1.807) is 18.2 Å². The lowest BCUT2D eigenvalue weighted by Gasteiger charge is -2.12. The molecule has 2 aromatic heterocycles. The molecular weight excluding hydrogens is 447 g/mol. The Kier molecular flexibility index (Phi) is 6.70. The first kappa shape index (κ1) is 23.4. The summed E-state index contributed by atoms with van der Waals surface area (Å²) in [6, 6.07) is 7.62. The molecule has 0 spiro atoms. The van der Waals surface area contributed by atoms with Crippen LogP contribution in [0.25, 0.3) is 11.5 Å². The predicted molar refractivity (Wildman–Crippen MR) is 107 cm³/mol. The van der Waals surface area contributed by atoms with Gasteiger partial charge in [-0.05, 0) is 19.1 Å². The molecule has 33 heavy (non-hydrogen) atoms. The van der Waals surface area contributed by atoms with E-state index in [9.17, 15) is 22.8 Å². The van der Waals surface area contributed by atoms with Crippen molar-refractivity contribution < 1.29 is 37.0 Å². The second-order valence-corrected chi connectivity index (χ2v) is 6.69. The van der Waals surface area contributed by atoms with Gasteiger partial charge in [0.1, 0.15) is 11.8 Å². The van der Waals surface area contributed by atoms with Crippen LogP contribution in [0.1, 0.15) is 29.6 Å². The first-order valence-corrected chi connectivity index (χ1v) is 9.28. The second kappa shape index (κ2) is 9.46. The average Bonchev–Trinajstić information content (AvgIpc) is 3.22. The molecule has 0 aliphatic carbocycles. The standard InChI is InChI=1S/C20H16F3N5O5/c1-10(7-13(24)18(30)31)32-19-25-8-12(9-26-19)27-16(29)14-15(20(21,22)23)33-17(28-14)11-5-3-2-4-6-11/h2-6,8-10,24H,7H2,1H3,(H,27,29)(H,30,31)/t10-/m0/s1. The third-order valence-corrected chi connectivity index (χ3v) is 4.06. The molecule has 0 aliphatic rings. The summed E-state index contributed by atoms with van der Waals surface area (Å²) >= 11 is 0. The Labute approximate surface area is 184 Å². The number of benzene rings is 1. The fourth-order valence-electron chi connectivity index (χ4n) is 2.60. The summed E-state index contributed by atoms with van der Waals surface area (Å²) in [7, 11) is 0. The number of hydrogen-bond acceptors (Lipinski definition) is 8. The summed E-state index contributed by atoms with van der Waals surface area (Å²) in [5, 5.41) is 18.2. The molecule has 3 rings (SSSR count). The number of halogens is 3. The molecule has 0 radical (unpaired) electrons. The van der Waals surface area contributed by atoms with Gasteiger partial charge in [0, 0.05) is 12.0 Å². The van der Waals surface area contributed by atoms with Gasteiger partial charge in [-0.3, -0.25) is 10.2 Å². The van der Waals surface area contributed by atoms with Crippen LogP contribution in [0.3, 0.4) is 0 Å². The smallest absolute Gasteiger partial charge is 0.452 e. The number of carbonyl (C=O) groups excluding carboxylic acids is 1. The summed E-state index contributed by atoms with van der Waals surface area (Å²) in [4.78, 5) is 34.5. The number of nitrogens with one attached hydrogen (secondary N) is 2. The normalized spacial score (nSPS) is 12.1. The summed E-state index contributed by atoms with van der Waals surface area (Å²) in [5.41, 5.74) is -1.30. The number of oxazole rings is 1. The molecular formula is C20H16F3N5O5. The van der Waals surface area contributed by atoms with Gasteiger partial charge in [0.25, 0.3) is 5.91 Å². The minimum Gasteiger partial charge on any atom is -0.477 e. The summed E-state index contributed by atoms with van der Waals surface area (Å²) in [5.74, 6) is -4.48. The highest BCUT2D eigenvalue weighted by Gasteiger charge is 2.42. The van der Waals surface area contributed by atoms with Crippen LogP contribution < -0.4 is 10.1 Å². The van der Waals surface area contributed by atoms with Gasteiger partial charge in [-0.2, -0.15) is 13.2 Å². The van der Waals surface area contributed by atoms with Crippen LogP contribution in [0.5, 0.6) is 6.01 Å². The maximum atomic E-state index is 13.4. The minimum atomic E-state index is -4.96. The van der Waals surface area contributed by atoms with Crippen LogP contribution in [0.2, 0.25) is 0 Å². The zero-order valence-corrected chi connectivity index (χ0v) is 16.9. The third kappa shape index (κ3) is 5.90. The van der Waals surface area contributed by atoms with Gasteiger partial charge >= 0.3 is 18.2 Å². The summed E-state index contributed by atoms with van der Waals surface area (Å²) in [6.07, 6.45) is -3.72. The van der Waals surface area contributed by atoms with Gasteiger partial charge in [0.2, 0.25) is 11.7 Å².